The number of carboxylic acid groups (broad SMARTS) is 1. The highest BCUT2D eigenvalue weighted by Gasteiger charge is 2.38. The number of carboxylic acids is 1. The van der Waals surface area contributed by atoms with Crippen LogP contribution in [-0.2, 0) is 4.79 Å². The van der Waals surface area contributed by atoms with Crippen LogP contribution in [0.25, 0.3) is 0 Å². The predicted molar refractivity (Wildman–Crippen MR) is 46.2 cm³/mol. The lowest BCUT2D eigenvalue weighted by molar-refractivity contribution is -0.192. The molecule has 4 N–H and O–H groups in total. The van der Waals surface area contributed by atoms with E-state index in [1.807, 2.05) is 0 Å². The zero-order valence-corrected chi connectivity index (χ0v) is 8.10. The van der Waals surface area contributed by atoms with E-state index in [2.05, 4.69) is 12.2 Å². The molecule has 2 amide bonds. The first kappa shape index (κ1) is 16.0. The van der Waals surface area contributed by atoms with Gasteiger partial charge >= 0.3 is 18.2 Å². The quantitative estimate of drug-likeness (QED) is 0.633. The summed E-state index contributed by atoms with van der Waals surface area (Å²) in [4.78, 5) is 18.9. The molecule has 0 aromatic rings. The van der Waals surface area contributed by atoms with E-state index in [-0.39, 0.29) is 0 Å². The molecular formula is C7H13F3N2O3. The van der Waals surface area contributed by atoms with Gasteiger partial charge in [0.2, 0.25) is 0 Å². The van der Waals surface area contributed by atoms with Crippen LogP contribution >= 0.6 is 0 Å². The summed E-state index contributed by atoms with van der Waals surface area (Å²) in [5.41, 5.74) is 4.78. The second kappa shape index (κ2) is 7.89. The molecule has 0 aromatic carbocycles. The van der Waals surface area contributed by atoms with Crippen LogP contribution in [0, 0.1) is 0 Å². The fraction of sp³-hybridized carbons (Fsp3) is 0.714. The maximum Gasteiger partial charge on any atom is 0.490 e. The molecule has 90 valence electrons. The Morgan fingerprint density at radius 2 is 1.80 bits per heavy atom. The van der Waals surface area contributed by atoms with E-state index in [9.17, 15) is 18.0 Å². The Hall–Kier alpha value is -1.47. The lowest BCUT2D eigenvalue weighted by Gasteiger charge is -1.96. The van der Waals surface area contributed by atoms with Crippen molar-refractivity contribution in [3.8, 4) is 0 Å². The van der Waals surface area contributed by atoms with E-state index in [1.54, 1.807) is 0 Å². The van der Waals surface area contributed by atoms with Crippen LogP contribution in [0.1, 0.15) is 19.8 Å². The number of nitrogens with one attached hydrogen (secondary N) is 1. The number of alkyl halides is 3. The van der Waals surface area contributed by atoms with Crippen LogP contribution in [0.15, 0.2) is 0 Å². The van der Waals surface area contributed by atoms with E-state index in [4.69, 9.17) is 15.6 Å². The van der Waals surface area contributed by atoms with Crippen molar-refractivity contribution in [2.24, 2.45) is 5.73 Å². The van der Waals surface area contributed by atoms with E-state index in [0.717, 1.165) is 12.8 Å². The molecule has 0 unspecified atom stereocenters. The number of amides is 2. The number of halogens is 3. The molecule has 0 saturated heterocycles. The Bertz CT molecular complexity index is 206. The van der Waals surface area contributed by atoms with Gasteiger partial charge in [0.15, 0.2) is 0 Å². The van der Waals surface area contributed by atoms with Crippen molar-refractivity contribution in [2.45, 2.75) is 25.9 Å². The van der Waals surface area contributed by atoms with Crippen LogP contribution < -0.4 is 11.1 Å². The van der Waals surface area contributed by atoms with Crippen LogP contribution in [0.5, 0.6) is 0 Å². The van der Waals surface area contributed by atoms with Crippen molar-refractivity contribution in [2.75, 3.05) is 6.54 Å². The molecule has 0 aliphatic rings. The maximum absolute atomic E-state index is 10.6. The van der Waals surface area contributed by atoms with E-state index >= 15 is 0 Å². The molecular weight excluding hydrogens is 217 g/mol. The van der Waals surface area contributed by atoms with E-state index in [0.29, 0.717) is 6.54 Å². The van der Waals surface area contributed by atoms with Gasteiger partial charge < -0.3 is 16.2 Å². The van der Waals surface area contributed by atoms with Crippen LogP contribution in [0.4, 0.5) is 18.0 Å². The minimum atomic E-state index is -5.08. The third-order valence-electron chi connectivity index (χ3n) is 1.07. The summed E-state index contributed by atoms with van der Waals surface area (Å²) < 4.78 is 31.7. The van der Waals surface area contributed by atoms with Crippen molar-refractivity contribution in [1.29, 1.82) is 0 Å². The monoisotopic (exact) mass is 230 g/mol. The fourth-order valence-electron chi connectivity index (χ4n) is 0.388. The highest BCUT2D eigenvalue weighted by atomic mass is 19.4. The number of hydrogen-bond donors (Lipinski definition) is 3. The molecule has 5 nitrogen and oxygen atoms in total. The van der Waals surface area contributed by atoms with Gasteiger partial charge in [-0.3, -0.25) is 0 Å². The summed E-state index contributed by atoms with van der Waals surface area (Å²) in [6.45, 7) is 2.76. The molecule has 0 aromatic heterocycles. The lowest BCUT2D eigenvalue weighted by Crippen LogP contribution is -2.29. The summed E-state index contributed by atoms with van der Waals surface area (Å²) in [5.74, 6) is -2.76. The largest absolute Gasteiger partial charge is 0.490 e. The number of carbonyl (C=O) groups is 2. The molecule has 0 radical (unpaired) electrons. The summed E-state index contributed by atoms with van der Waals surface area (Å²) in [6, 6.07) is -0.432. The van der Waals surface area contributed by atoms with Gasteiger partial charge in [-0.1, -0.05) is 13.3 Å². The standard InChI is InChI=1S/C5H12N2O.C2HF3O2/c1-2-3-4-7-5(6)8;3-2(4,5)1(6)7/h2-4H2,1H3,(H3,6,7,8);(H,6,7). The summed E-state index contributed by atoms with van der Waals surface area (Å²) in [5, 5.41) is 9.61. The number of hydrogen-bond acceptors (Lipinski definition) is 2. The fourth-order valence-corrected chi connectivity index (χ4v) is 0.388. The first-order valence-corrected chi connectivity index (χ1v) is 4.05. The van der Waals surface area contributed by atoms with Crippen molar-refractivity contribution in [3.05, 3.63) is 0 Å². The number of unbranched alkanes of at least 4 members (excludes halogenated alkanes) is 1. The van der Waals surface area contributed by atoms with Crippen molar-refractivity contribution < 1.29 is 27.9 Å². The molecule has 0 atom stereocenters. The normalized spacial score (nSPS) is 9.87. The Kier molecular flexibility index (Phi) is 8.40. The number of nitrogens with two attached hydrogens (primary N) is 1. The number of aliphatic carboxylic acids is 1. The Labute approximate surface area is 84.4 Å². The van der Waals surface area contributed by atoms with Crippen LogP contribution in [0.2, 0.25) is 0 Å². The van der Waals surface area contributed by atoms with Gasteiger partial charge in [0.1, 0.15) is 0 Å². The number of rotatable bonds is 3. The third-order valence-corrected chi connectivity index (χ3v) is 1.07. The van der Waals surface area contributed by atoms with Crippen molar-refractivity contribution in [3.63, 3.8) is 0 Å². The molecule has 0 aliphatic heterocycles. The highest BCUT2D eigenvalue weighted by Crippen LogP contribution is 2.13. The Balaban J connectivity index is 0. The van der Waals surface area contributed by atoms with Gasteiger partial charge in [0, 0.05) is 6.54 Å². The average molecular weight is 230 g/mol. The van der Waals surface area contributed by atoms with Gasteiger partial charge in [-0.15, -0.1) is 0 Å². The molecule has 0 saturated carbocycles. The molecule has 0 spiro atoms. The Morgan fingerprint density at radius 3 is 2.00 bits per heavy atom. The van der Waals surface area contributed by atoms with Gasteiger partial charge in [0.05, 0.1) is 0 Å². The smallest absolute Gasteiger partial charge is 0.475 e. The number of primary amides is 1. The molecule has 0 rings (SSSR count). The van der Waals surface area contributed by atoms with Gasteiger partial charge in [-0.05, 0) is 6.42 Å². The topological polar surface area (TPSA) is 92.4 Å². The molecule has 0 heterocycles. The third kappa shape index (κ3) is 15.3. The van der Waals surface area contributed by atoms with E-state index < -0.39 is 18.2 Å². The van der Waals surface area contributed by atoms with Gasteiger partial charge in [-0.25, -0.2) is 9.59 Å². The van der Waals surface area contributed by atoms with Gasteiger partial charge in [0.25, 0.3) is 0 Å². The van der Waals surface area contributed by atoms with E-state index in [1.165, 1.54) is 0 Å². The number of urea groups is 1. The molecule has 15 heavy (non-hydrogen) atoms. The lowest BCUT2D eigenvalue weighted by atomic mass is 10.3. The van der Waals surface area contributed by atoms with Crippen molar-refractivity contribution in [1.82, 2.24) is 5.32 Å². The van der Waals surface area contributed by atoms with Crippen LogP contribution in [-0.4, -0.2) is 29.8 Å². The summed E-state index contributed by atoms with van der Waals surface area (Å²) in [7, 11) is 0. The van der Waals surface area contributed by atoms with Crippen molar-refractivity contribution >= 4 is 12.0 Å². The SMILES string of the molecule is CCCCNC(N)=O.O=C(O)C(F)(F)F. The molecule has 0 fully saturated rings. The van der Waals surface area contributed by atoms with Crippen LogP contribution in [0.3, 0.4) is 0 Å². The second-order valence-corrected chi connectivity index (χ2v) is 2.45. The predicted octanol–water partition coefficient (Wildman–Crippen LogP) is 1.09. The second-order valence-electron chi connectivity index (χ2n) is 2.45. The minimum absolute atomic E-state index is 0.432. The summed E-state index contributed by atoms with van der Waals surface area (Å²) >= 11 is 0. The Morgan fingerprint density at radius 1 is 1.40 bits per heavy atom. The summed E-state index contributed by atoms with van der Waals surface area (Å²) in [6.07, 6.45) is -3.00. The molecule has 8 heteroatoms. The first-order chi connectivity index (χ1) is 6.71. The minimum Gasteiger partial charge on any atom is -0.475 e. The first-order valence-electron chi connectivity index (χ1n) is 4.05. The average Bonchev–Trinajstić information content (AvgIpc) is 2.03. The molecule has 0 bridgehead atoms. The molecule has 0 aliphatic carbocycles. The van der Waals surface area contributed by atoms with Gasteiger partial charge in [-0.2, -0.15) is 13.2 Å². The number of carbonyl (C=O) groups excluding carboxylic acids is 1. The highest BCUT2D eigenvalue weighted by molar-refractivity contribution is 5.73. The zero-order chi connectivity index (χ0) is 12.5. The zero-order valence-electron chi connectivity index (χ0n) is 8.10. The maximum atomic E-state index is 10.6.